The van der Waals surface area contributed by atoms with Gasteiger partial charge in [-0.25, -0.2) is 13.2 Å². The molecular formula is C29H37N3O4S. The van der Waals surface area contributed by atoms with Gasteiger partial charge in [-0.1, -0.05) is 42.5 Å². The monoisotopic (exact) mass is 523 g/mol. The summed E-state index contributed by atoms with van der Waals surface area (Å²) < 4.78 is 34.3. The highest BCUT2D eigenvalue weighted by Crippen LogP contribution is 2.45. The highest BCUT2D eigenvalue weighted by Gasteiger charge is 2.49. The molecule has 2 aromatic rings. The Morgan fingerprint density at radius 1 is 0.946 bits per heavy atom. The predicted octanol–water partition coefficient (Wildman–Crippen LogP) is 4.38. The summed E-state index contributed by atoms with van der Waals surface area (Å²) in [6, 6.07) is 18.3. The van der Waals surface area contributed by atoms with Gasteiger partial charge >= 0.3 is 6.09 Å². The number of hydrogen-bond donors (Lipinski definition) is 0. The summed E-state index contributed by atoms with van der Waals surface area (Å²) in [7, 11) is -3.57. The van der Waals surface area contributed by atoms with Gasteiger partial charge < -0.3 is 14.5 Å². The maximum atomic E-state index is 13.6. The second kappa shape index (κ2) is 9.71. The van der Waals surface area contributed by atoms with Crippen molar-refractivity contribution in [3.63, 3.8) is 0 Å². The van der Waals surface area contributed by atoms with Gasteiger partial charge in [-0.15, -0.1) is 0 Å². The van der Waals surface area contributed by atoms with Gasteiger partial charge in [0, 0.05) is 36.6 Å². The Labute approximate surface area is 220 Å². The number of piperidine rings is 2. The molecule has 3 fully saturated rings. The lowest BCUT2D eigenvalue weighted by Crippen LogP contribution is -2.57. The summed E-state index contributed by atoms with van der Waals surface area (Å²) in [6.07, 6.45) is 5.89. The molecule has 2 atom stereocenters. The van der Waals surface area contributed by atoms with E-state index in [1.807, 2.05) is 24.0 Å². The van der Waals surface area contributed by atoms with Crippen molar-refractivity contribution in [2.45, 2.75) is 80.4 Å². The first-order chi connectivity index (χ1) is 17.9. The van der Waals surface area contributed by atoms with Gasteiger partial charge in [0.25, 0.3) is 0 Å². The number of fused-ring (bicyclic) bond motifs is 4. The Morgan fingerprint density at radius 2 is 1.59 bits per heavy atom. The highest BCUT2D eigenvalue weighted by molar-refractivity contribution is 7.89. The van der Waals surface area contributed by atoms with Crippen LogP contribution in [0.1, 0.15) is 56.6 Å². The highest BCUT2D eigenvalue weighted by atomic mass is 32.2. The molecule has 4 heterocycles. The Morgan fingerprint density at radius 3 is 2.27 bits per heavy atom. The van der Waals surface area contributed by atoms with E-state index >= 15 is 0 Å². The molecule has 198 valence electrons. The van der Waals surface area contributed by atoms with Crippen molar-refractivity contribution in [1.82, 2.24) is 14.1 Å². The summed E-state index contributed by atoms with van der Waals surface area (Å²) in [5.74, 6) is 0. The topological polar surface area (TPSA) is 70.2 Å². The van der Waals surface area contributed by atoms with Crippen molar-refractivity contribution in [3.8, 4) is 0 Å². The Bertz CT molecular complexity index is 1230. The zero-order valence-corrected chi connectivity index (χ0v) is 22.4. The van der Waals surface area contributed by atoms with Crippen LogP contribution in [-0.4, -0.2) is 73.0 Å². The molecule has 0 saturated carbocycles. The number of ether oxygens (including phenoxy) is 1. The molecule has 37 heavy (non-hydrogen) atoms. The van der Waals surface area contributed by atoms with Crippen molar-refractivity contribution in [3.05, 3.63) is 65.7 Å². The number of benzene rings is 2. The maximum Gasteiger partial charge on any atom is 0.410 e. The minimum atomic E-state index is -3.57. The smallest absolute Gasteiger partial charge is 0.410 e. The number of carbonyl (C=O) groups is 1. The Hall–Kier alpha value is -2.42. The van der Waals surface area contributed by atoms with Crippen LogP contribution in [0.2, 0.25) is 0 Å². The number of sulfonamides is 1. The molecule has 1 spiro atoms. The maximum absolute atomic E-state index is 13.6. The molecule has 4 aliphatic rings. The van der Waals surface area contributed by atoms with Crippen LogP contribution in [-0.2, 0) is 26.7 Å². The molecule has 2 aromatic carbocycles. The Balaban J connectivity index is 1.20. The van der Waals surface area contributed by atoms with Crippen LogP contribution in [0.3, 0.4) is 0 Å². The van der Waals surface area contributed by atoms with Gasteiger partial charge in [-0.05, 0) is 81.8 Å². The van der Waals surface area contributed by atoms with E-state index < -0.39 is 10.0 Å². The van der Waals surface area contributed by atoms with Crippen LogP contribution in [0.15, 0.2) is 59.5 Å². The van der Waals surface area contributed by atoms with Crippen molar-refractivity contribution >= 4 is 16.1 Å². The molecule has 6 rings (SSSR count). The lowest BCUT2D eigenvalue weighted by atomic mass is 9.69. The van der Waals surface area contributed by atoms with Crippen molar-refractivity contribution in [2.75, 3.05) is 26.2 Å². The van der Waals surface area contributed by atoms with Crippen molar-refractivity contribution < 1.29 is 17.9 Å². The fourth-order valence-corrected chi connectivity index (χ4v) is 8.97. The molecule has 2 unspecified atom stereocenters. The molecule has 0 aromatic heterocycles. The van der Waals surface area contributed by atoms with Gasteiger partial charge in [0.1, 0.15) is 0 Å². The van der Waals surface area contributed by atoms with Gasteiger partial charge in [0.05, 0.1) is 11.5 Å². The first-order valence-corrected chi connectivity index (χ1v) is 15.2. The van der Waals surface area contributed by atoms with Crippen LogP contribution in [0.25, 0.3) is 0 Å². The minimum Gasteiger partial charge on any atom is -0.450 e. The molecule has 7 nitrogen and oxygen atoms in total. The van der Waals surface area contributed by atoms with Gasteiger partial charge in [0.15, 0.2) is 0 Å². The van der Waals surface area contributed by atoms with E-state index in [4.69, 9.17) is 4.74 Å². The fourth-order valence-electron chi connectivity index (χ4n) is 7.44. The number of nitrogens with zero attached hydrogens (tertiary/aromatic N) is 3. The first kappa shape index (κ1) is 24.9. The van der Waals surface area contributed by atoms with Gasteiger partial charge in [-0.2, -0.15) is 4.31 Å². The molecule has 0 radical (unpaired) electrons. The van der Waals surface area contributed by atoms with E-state index in [0.29, 0.717) is 30.6 Å². The quantitative estimate of drug-likeness (QED) is 0.595. The average molecular weight is 524 g/mol. The SMILES string of the molecule is CCOC(=O)N1C2CCC1CC(N1CCC3(CC1)CN(S(=O)(=O)c1ccccc1)Cc1ccccc13)C2. The van der Waals surface area contributed by atoms with Crippen LogP contribution < -0.4 is 0 Å². The summed E-state index contributed by atoms with van der Waals surface area (Å²) in [5.41, 5.74) is 2.28. The normalized spacial score (nSPS) is 27.7. The van der Waals surface area contributed by atoms with Crippen molar-refractivity contribution in [1.29, 1.82) is 0 Å². The summed E-state index contributed by atoms with van der Waals surface area (Å²) >= 11 is 0. The largest absolute Gasteiger partial charge is 0.450 e. The first-order valence-electron chi connectivity index (χ1n) is 13.7. The zero-order valence-electron chi connectivity index (χ0n) is 21.6. The number of amides is 1. The van der Waals surface area contributed by atoms with E-state index in [2.05, 4.69) is 23.1 Å². The standard InChI is InChI=1S/C29H37N3O4S/c1-2-36-28(33)32-23-12-13-24(32)19-25(18-23)30-16-14-29(15-17-30)21-31(20-22-8-6-7-11-27(22)29)37(34,35)26-9-4-3-5-10-26/h3-11,23-25H,2,12-21H2,1H3. The third-order valence-electron chi connectivity index (χ3n) is 9.25. The van der Waals surface area contributed by atoms with E-state index in [1.54, 1.807) is 28.6 Å². The number of hydrogen-bond acceptors (Lipinski definition) is 5. The van der Waals surface area contributed by atoms with E-state index in [0.717, 1.165) is 57.2 Å². The molecule has 1 amide bonds. The molecular weight excluding hydrogens is 486 g/mol. The number of rotatable bonds is 4. The second-order valence-corrected chi connectivity index (χ2v) is 13.1. The molecule has 0 N–H and O–H groups in total. The van der Waals surface area contributed by atoms with E-state index in [9.17, 15) is 13.2 Å². The van der Waals surface area contributed by atoms with Crippen LogP contribution in [0.5, 0.6) is 0 Å². The van der Waals surface area contributed by atoms with Gasteiger partial charge in [0.2, 0.25) is 10.0 Å². The summed E-state index contributed by atoms with van der Waals surface area (Å²) in [4.78, 5) is 17.5. The van der Waals surface area contributed by atoms with Crippen LogP contribution in [0.4, 0.5) is 4.79 Å². The molecule has 4 aliphatic heterocycles. The molecule has 2 bridgehead atoms. The van der Waals surface area contributed by atoms with Crippen molar-refractivity contribution in [2.24, 2.45) is 0 Å². The van der Waals surface area contributed by atoms with Crippen LogP contribution in [0, 0.1) is 0 Å². The molecule has 3 saturated heterocycles. The molecule has 0 aliphatic carbocycles. The van der Waals surface area contributed by atoms with E-state index in [-0.39, 0.29) is 23.6 Å². The fraction of sp³-hybridized carbons (Fsp3) is 0.552. The third-order valence-corrected chi connectivity index (χ3v) is 11.1. The molecule has 8 heteroatoms. The van der Waals surface area contributed by atoms with Gasteiger partial charge in [-0.3, -0.25) is 0 Å². The number of carbonyl (C=O) groups excluding carboxylic acids is 1. The minimum absolute atomic E-state index is 0.149. The summed E-state index contributed by atoms with van der Waals surface area (Å²) in [6.45, 7) is 5.15. The van der Waals surface area contributed by atoms with Crippen LogP contribution >= 0.6 is 0 Å². The predicted molar refractivity (Wildman–Crippen MR) is 142 cm³/mol. The third kappa shape index (κ3) is 4.37. The lowest BCUT2D eigenvalue weighted by molar-refractivity contribution is 0.0237. The number of likely N-dealkylation sites (tertiary alicyclic amines) is 1. The lowest BCUT2D eigenvalue weighted by Gasteiger charge is -2.51. The second-order valence-electron chi connectivity index (χ2n) is 11.2. The Kier molecular flexibility index (Phi) is 6.53. The zero-order chi connectivity index (χ0) is 25.6. The summed E-state index contributed by atoms with van der Waals surface area (Å²) in [5, 5.41) is 0. The van der Waals surface area contributed by atoms with E-state index in [1.165, 1.54) is 5.56 Å². The average Bonchev–Trinajstić information content (AvgIpc) is 3.19.